The Balaban J connectivity index is 1.80. The molecule has 0 unspecified atom stereocenters. The maximum atomic E-state index is 12.3. The Morgan fingerprint density at radius 1 is 1.17 bits per heavy atom. The number of nitrogens with zero attached hydrogens (tertiary/aromatic N) is 1. The Labute approximate surface area is 174 Å². The number of methoxy groups -OCH3 is 2. The summed E-state index contributed by atoms with van der Waals surface area (Å²) in [6, 6.07) is 4.38. The molecule has 1 aromatic carbocycles. The van der Waals surface area contributed by atoms with Gasteiger partial charge in [0.15, 0.2) is 17.6 Å². The number of hydrogen-bond donors (Lipinski definition) is 2. The Kier molecular flexibility index (Phi) is 7.25. The van der Waals surface area contributed by atoms with Crippen LogP contribution in [0.3, 0.4) is 0 Å². The smallest absolute Gasteiger partial charge is 0.325 e. The third-order valence-corrected chi connectivity index (χ3v) is 4.54. The number of hydrogen-bond acceptors (Lipinski definition) is 7. The number of rotatable bonds is 9. The van der Waals surface area contributed by atoms with Crippen molar-refractivity contribution >= 4 is 29.5 Å². The van der Waals surface area contributed by atoms with Gasteiger partial charge in [-0.25, -0.2) is 4.79 Å². The van der Waals surface area contributed by atoms with E-state index in [1.54, 1.807) is 32.0 Å². The third kappa shape index (κ3) is 5.40. The van der Waals surface area contributed by atoms with Crippen molar-refractivity contribution in [3.05, 3.63) is 18.2 Å². The molecule has 2 N–H and O–H groups in total. The number of esters is 1. The number of imide groups is 1. The highest BCUT2D eigenvalue weighted by Crippen LogP contribution is 2.29. The summed E-state index contributed by atoms with van der Waals surface area (Å²) in [6.07, 6.45) is -0.829. The number of carbonyl (C=O) groups is 4. The van der Waals surface area contributed by atoms with E-state index < -0.39 is 29.6 Å². The van der Waals surface area contributed by atoms with Gasteiger partial charge in [-0.05, 0) is 39.3 Å². The summed E-state index contributed by atoms with van der Waals surface area (Å²) in [5.41, 5.74) is -0.490. The summed E-state index contributed by atoms with van der Waals surface area (Å²) >= 11 is 0. The summed E-state index contributed by atoms with van der Waals surface area (Å²) in [5.74, 6) is -0.488. The minimum absolute atomic E-state index is 0.0362. The predicted octanol–water partition coefficient (Wildman–Crippen LogP) is 1.68. The molecule has 10 nitrogen and oxygen atoms in total. The van der Waals surface area contributed by atoms with Gasteiger partial charge in [-0.1, -0.05) is 0 Å². The first-order chi connectivity index (χ1) is 14.1. The minimum atomic E-state index is -1.03. The highest BCUT2D eigenvalue weighted by Gasteiger charge is 2.43. The topological polar surface area (TPSA) is 123 Å². The van der Waals surface area contributed by atoms with E-state index in [2.05, 4.69) is 10.6 Å². The molecule has 10 heteroatoms. The molecule has 0 spiro atoms. The molecular formula is C20H27N3O7. The van der Waals surface area contributed by atoms with Crippen LogP contribution >= 0.6 is 0 Å². The monoisotopic (exact) mass is 421 g/mol. The predicted molar refractivity (Wildman–Crippen MR) is 107 cm³/mol. The van der Waals surface area contributed by atoms with E-state index >= 15 is 0 Å². The van der Waals surface area contributed by atoms with Crippen LogP contribution in [0.15, 0.2) is 18.2 Å². The van der Waals surface area contributed by atoms with Crippen LogP contribution in [0.2, 0.25) is 0 Å². The van der Waals surface area contributed by atoms with Crippen LogP contribution in [-0.4, -0.2) is 61.1 Å². The molecule has 1 aliphatic heterocycles. The number of ether oxygens (including phenoxy) is 3. The molecule has 164 valence electrons. The van der Waals surface area contributed by atoms with E-state index in [0.717, 1.165) is 4.90 Å². The molecule has 1 aromatic rings. The molecule has 1 atom stereocenters. The van der Waals surface area contributed by atoms with Gasteiger partial charge < -0.3 is 24.8 Å². The fourth-order valence-electron chi connectivity index (χ4n) is 2.87. The summed E-state index contributed by atoms with van der Waals surface area (Å²) in [7, 11) is 2.98. The largest absolute Gasteiger partial charge is 0.493 e. The van der Waals surface area contributed by atoms with Crippen LogP contribution < -0.4 is 20.1 Å². The van der Waals surface area contributed by atoms with Gasteiger partial charge in [-0.3, -0.25) is 19.3 Å². The van der Waals surface area contributed by atoms with Crippen LogP contribution in [0.1, 0.15) is 33.6 Å². The average molecular weight is 421 g/mol. The molecule has 0 radical (unpaired) electrons. The molecule has 1 aliphatic rings. The van der Waals surface area contributed by atoms with Gasteiger partial charge in [-0.2, -0.15) is 0 Å². The van der Waals surface area contributed by atoms with E-state index in [0.29, 0.717) is 17.2 Å². The SMILES string of the molecule is COc1ccc(NC(=O)[C@@H](C)OC(=O)CCCN2C(=O)NC(C)(C)C2=O)cc1OC. The molecule has 4 amide bonds. The van der Waals surface area contributed by atoms with Gasteiger partial charge in [0, 0.05) is 24.7 Å². The van der Waals surface area contributed by atoms with Crippen molar-refractivity contribution in [3.8, 4) is 11.5 Å². The lowest BCUT2D eigenvalue weighted by Gasteiger charge is -2.16. The first kappa shape index (κ1) is 23.0. The van der Waals surface area contributed by atoms with Gasteiger partial charge in [0.2, 0.25) is 0 Å². The van der Waals surface area contributed by atoms with E-state index in [4.69, 9.17) is 14.2 Å². The Bertz CT molecular complexity index is 838. The number of benzene rings is 1. The number of amides is 4. The Morgan fingerprint density at radius 2 is 1.83 bits per heavy atom. The highest BCUT2D eigenvalue weighted by molar-refractivity contribution is 6.06. The molecule has 0 aromatic heterocycles. The highest BCUT2D eigenvalue weighted by atomic mass is 16.5. The zero-order valence-corrected chi connectivity index (χ0v) is 17.7. The Morgan fingerprint density at radius 3 is 2.40 bits per heavy atom. The van der Waals surface area contributed by atoms with Gasteiger partial charge in [0.1, 0.15) is 5.54 Å². The van der Waals surface area contributed by atoms with Crippen LogP contribution in [-0.2, 0) is 19.1 Å². The maximum absolute atomic E-state index is 12.3. The second kappa shape index (κ2) is 9.47. The van der Waals surface area contributed by atoms with E-state index in [-0.39, 0.29) is 25.3 Å². The average Bonchev–Trinajstić information content (AvgIpc) is 2.88. The third-order valence-electron chi connectivity index (χ3n) is 4.54. The lowest BCUT2D eigenvalue weighted by atomic mass is 10.1. The number of carbonyl (C=O) groups excluding carboxylic acids is 4. The van der Waals surface area contributed by atoms with Crippen molar-refractivity contribution in [2.75, 3.05) is 26.1 Å². The molecule has 0 saturated carbocycles. The van der Waals surface area contributed by atoms with Gasteiger partial charge in [-0.15, -0.1) is 0 Å². The maximum Gasteiger partial charge on any atom is 0.325 e. The summed E-state index contributed by atoms with van der Waals surface area (Å²) < 4.78 is 15.5. The first-order valence-corrected chi connectivity index (χ1v) is 9.45. The molecule has 30 heavy (non-hydrogen) atoms. The second-order valence-electron chi connectivity index (χ2n) is 7.31. The molecular weight excluding hydrogens is 394 g/mol. The molecule has 0 aliphatic carbocycles. The quantitative estimate of drug-likeness (QED) is 0.459. The van der Waals surface area contributed by atoms with Crippen LogP contribution in [0.25, 0.3) is 0 Å². The zero-order valence-electron chi connectivity index (χ0n) is 17.7. The lowest BCUT2D eigenvalue weighted by Crippen LogP contribution is -2.40. The summed E-state index contributed by atoms with van der Waals surface area (Å²) in [5, 5.41) is 5.21. The number of urea groups is 1. The van der Waals surface area contributed by atoms with Crippen molar-refractivity contribution < 1.29 is 33.4 Å². The van der Waals surface area contributed by atoms with Crippen LogP contribution in [0.5, 0.6) is 11.5 Å². The fourth-order valence-corrected chi connectivity index (χ4v) is 2.87. The molecule has 1 heterocycles. The minimum Gasteiger partial charge on any atom is -0.493 e. The molecule has 2 rings (SSSR count). The van der Waals surface area contributed by atoms with Crippen molar-refractivity contribution in [2.24, 2.45) is 0 Å². The van der Waals surface area contributed by atoms with Gasteiger partial charge in [0.25, 0.3) is 11.8 Å². The summed E-state index contributed by atoms with van der Waals surface area (Å²) in [6.45, 7) is 4.77. The van der Waals surface area contributed by atoms with Crippen molar-refractivity contribution in [1.82, 2.24) is 10.2 Å². The molecule has 1 saturated heterocycles. The van der Waals surface area contributed by atoms with Crippen molar-refractivity contribution in [2.45, 2.75) is 45.3 Å². The summed E-state index contributed by atoms with van der Waals surface area (Å²) in [4.78, 5) is 49.3. The molecule has 1 fully saturated rings. The zero-order chi connectivity index (χ0) is 22.5. The van der Waals surface area contributed by atoms with E-state index in [1.807, 2.05) is 0 Å². The van der Waals surface area contributed by atoms with Gasteiger partial charge >= 0.3 is 12.0 Å². The number of nitrogens with one attached hydrogen (secondary N) is 2. The van der Waals surface area contributed by atoms with E-state index in [9.17, 15) is 19.2 Å². The van der Waals surface area contributed by atoms with Crippen LogP contribution in [0.4, 0.5) is 10.5 Å². The second-order valence-corrected chi connectivity index (χ2v) is 7.31. The normalized spacial score (nSPS) is 16.0. The van der Waals surface area contributed by atoms with Gasteiger partial charge in [0.05, 0.1) is 14.2 Å². The number of anilines is 1. The van der Waals surface area contributed by atoms with Crippen molar-refractivity contribution in [1.29, 1.82) is 0 Å². The van der Waals surface area contributed by atoms with E-state index in [1.165, 1.54) is 21.1 Å². The first-order valence-electron chi connectivity index (χ1n) is 9.45. The standard InChI is InChI=1S/C20H27N3O7/c1-12(17(25)21-13-8-9-14(28-4)15(11-13)29-5)30-16(24)7-6-10-23-18(26)20(2,3)22-19(23)27/h8-9,11-12H,6-7,10H2,1-5H3,(H,21,25)(H,22,27)/t12-/m1/s1. The van der Waals surface area contributed by atoms with Crippen molar-refractivity contribution in [3.63, 3.8) is 0 Å². The van der Waals surface area contributed by atoms with Crippen LogP contribution in [0, 0.1) is 0 Å². The lowest BCUT2D eigenvalue weighted by molar-refractivity contribution is -0.153. The fraction of sp³-hybridized carbons (Fsp3) is 0.500. The Hall–Kier alpha value is -3.30. The molecule has 0 bridgehead atoms.